The second kappa shape index (κ2) is 7.92. The molecular weight excluding hydrogens is 360 g/mol. The molecule has 2 rings (SSSR count). The summed E-state index contributed by atoms with van der Waals surface area (Å²) in [6, 6.07) is 5.71. The van der Waals surface area contributed by atoms with Crippen LogP contribution in [0.5, 0.6) is 0 Å². The van der Waals surface area contributed by atoms with Gasteiger partial charge in [0.15, 0.2) is 14.4 Å². The summed E-state index contributed by atoms with van der Waals surface area (Å²) in [4.78, 5) is 15.4. The zero-order valence-electron chi connectivity index (χ0n) is 17.1. The highest BCUT2D eigenvalue weighted by Crippen LogP contribution is 2.42. The Morgan fingerprint density at radius 1 is 1.44 bits per heavy atom. The average Bonchev–Trinajstić information content (AvgIpc) is 2.89. The van der Waals surface area contributed by atoms with E-state index in [0.29, 0.717) is 6.61 Å². The fourth-order valence-corrected chi connectivity index (χ4v) is 4.17. The number of nitrogens with one attached hydrogen (secondary N) is 1. The van der Waals surface area contributed by atoms with Gasteiger partial charge in [-0.2, -0.15) is 0 Å². The molecule has 1 aromatic carbocycles. The van der Waals surface area contributed by atoms with Crippen LogP contribution < -0.4 is 10.0 Å². The van der Waals surface area contributed by atoms with Crippen LogP contribution in [0.1, 0.15) is 43.5 Å². The third-order valence-corrected chi connectivity index (χ3v) is 10.3. The molecule has 0 heterocycles. The molecule has 27 heavy (non-hydrogen) atoms. The molecule has 0 aromatic heterocycles. The van der Waals surface area contributed by atoms with E-state index in [-0.39, 0.29) is 23.5 Å². The second-order valence-corrected chi connectivity index (χ2v) is 13.7. The van der Waals surface area contributed by atoms with Crippen molar-refractivity contribution in [3.05, 3.63) is 34.9 Å². The van der Waals surface area contributed by atoms with E-state index < -0.39 is 14.4 Å². The standard InChI is InChI=1S/C19H30N4O3Si/c1-19(2,3)27(5,6)26-12-15-10-14-9-13(11-23(4)18(24)25)7-8-16(14)17(15)21-22-20/h7-9,15,17,20H,10-12H2,1-6H3/t15-,17-/m1/s1. The first-order valence-corrected chi connectivity index (χ1v) is 12.1. The highest BCUT2D eigenvalue weighted by Gasteiger charge is 2.41. The predicted molar refractivity (Wildman–Crippen MR) is 104 cm³/mol. The van der Waals surface area contributed by atoms with Gasteiger partial charge in [-0.3, -0.25) is 0 Å². The van der Waals surface area contributed by atoms with E-state index in [1.165, 1.54) is 7.05 Å². The van der Waals surface area contributed by atoms with Crippen molar-refractivity contribution in [3.63, 3.8) is 0 Å². The number of hydrogen-bond acceptors (Lipinski definition) is 5. The van der Waals surface area contributed by atoms with Crippen LogP contribution in [-0.2, 0) is 17.4 Å². The van der Waals surface area contributed by atoms with E-state index in [0.717, 1.165) is 28.0 Å². The fourth-order valence-electron chi connectivity index (χ4n) is 3.11. The zero-order chi connectivity index (χ0) is 20.4. The van der Waals surface area contributed by atoms with Crippen LogP contribution in [0.2, 0.25) is 18.1 Å². The van der Waals surface area contributed by atoms with E-state index in [1.807, 2.05) is 18.2 Å². The van der Waals surface area contributed by atoms with Crippen LogP contribution in [0.25, 0.3) is 0 Å². The summed E-state index contributed by atoms with van der Waals surface area (Å²) in [6.45, 7) is 12.0. The Hall–Kier alpha value is -2.02. The monoisotopic (exact) mass is 390 g/mol. The lowest BCUT2D eigenvalue weighted by Crippen LogP contribution is -2.42. The molecule has 0 radical (unpaired) electrons. The molecule has 0 saturated carbocycles. The zero-order valence-corrected chi connectivity index (χ0v) is 18.1. The summed E-state index contributed by atoms with van der Waals surface area (Å²) in [5, 5.41) is 15.2. The van der Waals surface area contributed by atoms with Gasteiger partial charge in [0.1, 0.15) is 16.7 Å². The molecule has 1 amide bonds. The van der Waals surface area contributed by atoms with Gasteiger partial charge in [0.25, 0.3) is 0 Å². The number of fused-ring (bicyclic) bond motifs is 1. The molecule has 0 bridgehead atoms. The minimum atomic E-state index is -1.87. The highest BCUT2D eigenvalue weighted by atomic mass is 28.4. The Morgan fingerprint density at radius 3 is 2.67 bits per heavy atom. The molecule has 7 nitrogen and oxygen atoms in total. The molecular formula is C19H30N4O3Si. The van der Waals surface area contributed by atoms with Crippen LogP contribution in [0.4, 0.5) is 4.79 Å². The van der Waals surface area contributed by atoms with Gasteiger partial charge in [-0.05, 0) is 41.2 Å². The van der Waals surface area contributed by atoms with E-state index >= 15 is 0 Å². The van der Waals surface area contributed by atoms with Crippen LogP contribution in [0, 0.1) is 11.4 Å². The average molecular weight is 391 g/mol. The molecule has 1 aliphatic carbocycles. The van der Waals surface area contributed by atoms with Crippen molar-refractivity contribution in [3.8, 4) is 0 Å². The van der Waals surface area contributed by atoms with Gasteiger partial charge in [-0.1, -0.05) is 39.0 Å². The van der Waals surface area contributed by atoms with Crippen LogP contribution >= 0.6 is 0 Å². The lowest BCUT2D eigenvalue weighted by atomic mass is 10.0. The second-order valence-electron chi connectivity index (χ2n) is 8.85. The Kier molecular flexibility index (Phi) is 6.24. The first-order valence-electron chi connectivity index (χ1n) is 9.20. The molecule has 148 valence electrons. The lowest BCUT2D eigenvalue weighted by Gasteiger charge is -2.37. The molecule has 0 spiro atoms. The lowest BCUT2D eigenvalue weighted by molar-refractivity contribution is -0.264. The van der Waals surface area contributed by atoms with Crippen molar-refractivity contribution in [2.75, 3.05) is 13.7 Å². The SMILES string of the molecule is CN(Cc1ccc2c(c1)C[C@H](CO[Si](C)(C)C(C)(C)C)[C@H]2N=[N+]=N)C(=O)[O-]. The smallest absolute Gasteiger partial charge is 0.214 e. The number of benzene rings is 1. The summed E-state index contributed by atoms with van der Waals surface area (Å²) < 4.78 is 6.39. The third kappa shape index (κ3) is 4.83. The molecule has 1 aromatic rings. The third-order valence-electron chi connectivity index (χ3n) is 5.83. The van der Waals surface area contributed by atoms with Gasteiger partial charge in [-0.15, -0.1) is 0 Å². The van der Waals surface area contributed by atoms with E-state index in [4.69, 9.17) is 9.96 Å². The number of carbonyl (C=O) groups excluding carboxylic acids is 1. The topological polar surface area (TPSA) is 103 Å². The number of carbonyl (C=O) groups is 1. The normalized spacial score (nSPS) is 19.3. The van der Waals surface area contributed by atoms with Gasteiger partial charge >= 0.3 is 0 Å². The predicted octanol–water partition coefficient (Wildman–Crippen LogP) is 3.25. The summed E-state index contributed by atoms with van der Waals surface area (Å²) in [5.41, 5.74) is 10.3. The Morgan fingerprint density at radius 2 is 2.11 bits per heavy atom. The highest BCUT2D eigenvalue weighted by molar-refractivity contribution is 6.74. The maximum atomic E-state index is 10.9. The maximum Gasteiger partial charge on any atom is 0.214 e. The van der Waals surface area contributed by atoms with Crippen molar-refractivity contribution in [1.82, 2.24) is 9.81 Å². The van der Waals surface area contributed by atoms with Crippen molar-refractivity contribution >= 4 is 14.4 Å². The van der Waals surface area contributed by atoms with Crippen LogP contribution in [0.15, 0.2) is 23.3 Å². The number of nitrogens with zero attached hydrogens (tertiary/aromatic N) is 3. The summed E-state index contributed by atoms with van der Waals surface area (Å²) in [5.74, 6) is 0.136. The summed E-state index contributed by atoms with van der Waals surface area (Å²) in [7, 11) is -0.376. The number of amides is 1. The van der Waals surface area contributed by atoms with Crippen LogP contribution in [-0.4, -0.2) is 33.0 Å². The first-order chi connectivity index (χ1) is 12.5. The van der Waals surface area contributed by atoms with E-state index in [9.17, 15) is 9.90 Å². The minimum Gasteiger partial charge on any atom is -0.530 e. The number of rotatable bonds is 6. The summed E-state index contributed by atoms with van der Waals surface area (Å²) >= 11 is 0. The van der Waals surface area contributed by atoms with E-state index in [2.05, 4.69) is 43.9 Å². The van der Waals surface area contributed by atoms with Gasteiger partial charge in [-0.25, -0.2) is 0 Å². The molecule has 8 heteroatoms. The van der Waals surface area contributed by atoms with Crippen molar-refractivity contribution in [1.29, 1.82) is 5.53 Å². The Labute approximate surface area is 162 Å². The van der Waals surface area contributed by atoms with Gasteiger partial charge in [0.2, 0.25) is 4.91 Å². The van der Waals surface area contributed by atoms with E-state index in [1.54, 1.807) is 0 Å². The molecule has 0 saturated heterocycles. The van der Waals surface area contributed by atoms with Crippen LogP contribution in [0.3, 0.4) is 0 Å². The van der Waals surface area contributed by atoms with Crippen molar-refractivity contribution < 1.29 is 14.3 Å². The Bertz CT molecular complexity index is 754. The fraction of sp³-hybridized carbons (Fsp3) is 0.632. The first kappa shape index (κ1) is 21.3. The largest absolute Gasteiger partial charge is 0.530 e. The van der Waals surface area contributed by atoms with Gasteiger partial charge in [0, 0.05) is 26.1 Å². The number of carboxylic acid groups (broad SMARTS) is 1. The summed E-state index contributed by atoms with van der Waals surface area (Å²) in [6.07, 6.45) is -0.409. The number of hydrogen-bond donors (Lipinski definition) is 1. The molecule has 0 fully saturated rings. The molecule has 2 atom stereocenters. The maximum absolute atomic E-state index is 10.9. The van der Waals surface area contributed by atoms with Gasteiger partial charge < -0.3 is 19.2 Å². The molecule has 1 N–H and O–H groups in total. The van der Waals surface area contributed by atoms with Crippen molar-refractivity contribution in [2.45, 2.75) is 57.9 Å². The van der Waals surface area contributed by atoms with Crippen molar-refractivity contribution in [2.24, 2.45) is 11.0 Å². The molecule has 1 aliphatic rings. The molecule has 0 unspecified atom stereocenters. The quantitative estimate of drug-likeness (QED) is 0.458. The van der Waals surface area contributed by atoms with Gasteiger partial charge in [0.05, 0.1) is 0 Å². The minimum absolute atomic E-state index is 0.132. The Balaban J connectivity index is 2.19. The molecule has 0 aliphatic heterocycles.